The van der Waals surface area contributed by atoms with Gasteiger partial charge in [0, 0.05) is 16.7 Å². The fourth-order valence-electron chi connectivity index (χ4n) is 2.60. The summed E-state index contributed by atoms with van der Waals surface area (Å²) in [5.74, 6) is 0.847. The molecule has 3 aromatic rings. The molecule has 0 unspecified atom stereocenters. The van der Waals surface area contributed by atoms with E-state index in [4.69, 9.17) is 16.0 Å². The molecule has 0 spiro atoms. The normalized spacial score (nSPS) is 15.9. The number of hydrogen-bond donors (Lipinski definition) is 0. The SMILES string of the molecule is O=C1S/C(=C/c2ccc(-c3ccccc3)o2)C(=O)N1c1ccc(Cl)cc1. The van der Waals surface area contributed by atoms with E-state index in [1.54, 1.807) is 36.4 Å². The number of hydrogen-bond acceptors (Lipinski definition) is 4. The summed E-state index contributed by atoms with van der Waals surface area (Å²) in [6, 6.07) is 19.8. The van der Waals surface area contributed by atoms with E-state index in [0.717, 1.165) is 22.2 Å². The van der Waals surface area contributed by atoms with Crippen LogP contribution in [0.15, 0.2) is 76.1 Å². The van der Waals surface area contributed by atoms with Gasteiger partial charge in [0.15, 0.2) is 0 Å². The Hall–Kier alpha value is -2.76. The number of halogens is 1. The van der Waals surface area contributed by atoms with Crippen LogP contribution in [0.5, 0.6) is 0 Å². The lowest BCUT2D eigenvalue weighted by Gasteiger charge is -2.11. The summed E-state index contributed by atoms with van der Waals surface area (Å²) in [6.45, 7) is 0. The molecule has 2 aromatic carbocycles. The van der Waals surface area contributed by atoms with Gasteiger partial charge in [-0.15, -0.1) is 0 Å². The number of nitrogens with zero attached hydrogens (tertiary/aromatic N) is 1. The Labute approximate surface area is 159 Å². The minimum atomic E-state index is -0.375. The molecule has 1 aliphatic rings. The smallest absolute Gasteiger partial charge is 0.298 e. The number of anilines is 1. The maximum absolute atomic E-state index is 12.6. The molecule has 0 aliphatic carbocycles. The van der Waals surface area contributed by atoms with Crippen LogP contribution in [-0.2, 0) is 4.79 Å². The van der Waals surface area contributed by atoms with Crippen molar-refractivity contribution in [1.29, 1.82) is 0 Å². The molecule has 0 saturated carbocycles. The Morgan fingerprint density at radius 1 is 0.923 bits per heavy atom. The Morgan fingerprint density at radius 2 is 1.65 bits per heavy atom. The van der Waals surface area contributed by atoms with Gasteiger partial charge in [-0.3, -0.25) is 9.59 Å². The predicted octanol–water partition coefficient (Wildman–Crippen LogP) is 5.84. The van der Waals surface area contributed by atoms with Crippen molar-refractivity contribution in [2.75, 3.05) is 4.90 Å². The van der Waals surface area contributed by atoms with Crippen LogP contribution in [0.1, 0.15) is 5.76 Å². The molecule has 1 fully saturated rings. The first kappa shape index (κ1) is 16.7. The van der Waals surface area contributed by atoms with E-state index in [-0.39, 0.29) is 11.1 Å². The molecule has 4 rings (SSSR count). The van der Waals surface area contributed by atoms with Crippen LogP contribution in [0, 0.1) is 0 Å². The molecule has 2 amide bonds. The summed E-state index contributed by atoms with van der Waals surface area (Å²) in [7, 11) is 0. The van der Waals surface area contributed by atoms with E-state index in [2.05, 4.69) is 0 Å². The van der Waals surface area contributed by atoms with Crippen LogP contribution in [0.2, 0.25) is 5.02 Å². The van der Waals surface area contributed by atoms with Gasteiger partial charge in [0.2, 0.25) is 0 Å². The standard InChI is InChI=1S/C20H12ClNO3S/c21-14-6-8-15(9-7-14)22-19(23)18(26-20(22)24)12-16-10-11-17(25-16)13-4-2-1-3-5-13/h1-12H/b18-12+. The second-order valence-corrected chi connectivity index (χ2v) is 6.99. The number of amides is 2. The zero-order valence-corrected chi connectivity index (χ0v) is 15.0. The Balaban J connectivity index is 1.61. The largest absolute Gasteiger partial charge is 0.457 e. The highest BCUT2D eigenvalue weighted by atomic mass is 35.5. The Kier molecular flexibility index (Phi) is 4.41. The number of carbonyl (C=O) groups is 2. The topological polar surface area (TPSA) is 50.5 Å². The summed E-state index contributed by atoms with van der Waals surface area (Å²) >= 11 is 6.75. The van der Waals surface area contributed by atoms with E-state index in [1.165, 1.54) is 0 Å². The summed E-state index contributed by atoms with van der Waals surface area (Å²) in [5, 5.41) is 0.193. The van der Waals surface area contributed by atoms with Crippen molar-refractivity contribution < 1.29 is 14.0 Å². The van der Waals surface area contributed by atoms with E-state index in [9.17, 15) is 9.59 Å². The van der Waals surface area contributed by atoms with Crippen molar-refractivity contribution in [3.05, 3.63) is 82.4 Å². The lowest BCUT2D eigenvalue weighted by Crippen LogP contribution is -2.27. The molecule has 2 heterocycles. The molecular formula is C20H12ClNO3S. The van der Waals surface area contributed by atoms with Gasteiger partial charge in [-0.05, 0) is 48.2 Å². The fraction of sp³-hybridized carbons (Fsp3) is 0. The number of thioether (sulfide) groups is 1. The zero-order valence-electron chi connectivity index (χ0n) is 13.4. The van der Waals surface area contributed by atoms with Gasteiger partial charge in [-0.25, -0.2) is 4.90 Å². The van der Waals surface area contributed by atoms with Gasteiger partial charge in [-0.1, -0.05) is 41.9 Å². The highest BCUT2D eigenvalue weighted by Crippen LogP contribution is 2.36. The van der Waals surface area contributed by atoms with E-state index >= 15 is 0 Å². The maximum Gasteiger partial charge on any atom is 0.298 e. The lowest BCUT2D eigenvalue weighted by atomic mass is 10.2. The van der Waals surface area contributed by atoms with Crippen LogP contribution in [0.4, 0.5) is 10.5 Å². The summed E-state index contributed by atoms with van der Waals surface area (Å²) in [4.78, 5) is 26.3. The van der Waals surface area contributed by atoms with Crippen LogP contribution < -0.4 is 4.90 Å². The van der Waals surface area contributed by atoms with Gasteiger partial charge < -0.3 is 4.42 Å². The molecule has 1 aromatic heterocycles. The van der Waals surface area contributed by atoms with E-state index < -0.39 is 0 Å². The number of rotatable bonds is 3. The molecule has 0 radical (unpaired) electrons. The van der Waals surface area contributed by atoms with E-state index in [0.29, 0.717) is 27.1 Å². The highest BCUT2D eigenvalue weighted by Gasteiger charge is 2.36. The third kappa shape index (κ3) is 3.19. The molecule has 6 heteroatoms. The van der Waals surface area contributed by atoms with Crippen molar-refractivity contribution in [1.82, 2.24) is 0 Å². The number of imide groups is 1. The first-order valence-corrected chi connectivity index (χ1v) is 9.00. The molecule has 1 aliphatic heterocycles. The maximum atomic E-state index is 12.6. The molecule has 4 nitrogen and oxygen atoms in total. The second kappa shape index (κ2) is 6.86. The molecule has 128 valence electrons. The summed E-state index contributed by atoms with van der Waals surface area (Å²) < 4.78 is 5.78. The quantitative estimate of drug-likeness (QED) is 0.535. The fourth-order valence-corrected chi connectivity index (χ4v) is 3.55. The van der Waals surface area contributed by atoms with Gasteiger partial charge in [0.25, 0.3) is 11.1 Å². The van der Waals surface area contributed by atoms with Crippen LogP contribution in [0.3, 0.4) is 0 Å². The summed E-state index contributed by atoms with van der Waals surface area (Å²) in [6.07, 6.45) is 1.59. The third-order valence-electron chi connectivity index (χ3n) is 3.84. The molecule has 0 atom stereocenters. The first-order chi connectivity index (χ1) is 12.6. The minimum absolute atomic E-state index is 0.318. The second-order valence-electron chi connectivity index (χ2n) is 5.56. The van der Waals surface area contributed by atoms with Crippen LogP contribution in [-0.4, -0.2) is 11.1 Å². The Bertz CT molecular complexity index is 1010. The van der Waals surface area contributed by atoms with Crippen molar-refractivity contribution >= 4 is 46.3 Å². The molecule has 0 N–H and O–H groups in total. The van der Waals surface area contributed by atoms with Crippen molar-refractivity contribution in [3.63, 3.8) is 0 Å². The van der Waals surface area contributed by atoms with Gasteiger partial charge in [-0.2, -0.15) is 0 Å². The van der Waals surface area contributed by atoms with Crippen molar-refractivity contribution in [2.45, 2.75) is 0 Å². The molecule has 26 heavy (non-hydrogen) atoms. The predicted molar refractivity (Wildman–Crippen MR) is 104 cm³/mol. The summed E-state index contributed by atoms with van der Waals surface area (Å²) in [5.41, 5.74) is 1.44. The van der Waals surface area contributed by atoms with Crippen molar-refractivity contribution in [3.8, 4) is 11.3 Å². The zero-order chi connectivity index (χ0) is 18.1. The van der Waals surface area contributed by atoms with Crippen molar-refractivity contribution in [2.24, 2.45) is 0 Å². The number of carbonyl (C=O) groups excluding carboxylic acids is 2. The first-order valence-electron chi connectivity index (χ1n) is 7.80. The van der Waals surface area contributed by atoms with Gasteiger partial charge in [0.1, 0.15) is 11.5 Å². The number of benzene rings is 2. The molecule has 1 saturated heterocycles. The highest BCUT2D eigenvalue weighted by molar-refractivity contribution is 8.19. The monoisotopic (exact) mass is 381 g/mol. The lowest BCUT2D eigenvalue weighted by molar-refractivity contribution is -0.113. The van der Waals surface area contributed by atoms with Gasteiger partial charge >= 0.3 is 0 Å². The molecular weight excluding hydrogens is 370 g/mol. The molecule has 0 bridgehead atoms. The average Bonchev–Trinajstić information content (AvgIpc) is 3.22. The number of furan rings is 1. The third-order valence-corrected chi connectivity index (χ3v) is 4.96. The van der Waals surface area contributed by atoms with Gasteiger partial charge in [0.05, 0.1) is 10.6 Å². The van der Waals surface area contributed by atoms with E-state index in [1.807, 2.05) is 36.4 Å². The average molecular weight is 382 g/mol. The van der Waals surface area contributed by atoms with Crippen LogP contribution >= 0.6 is 23.4 Å². The minimum Gasteiger partial charge on any atom is -0.457 e. The Morgan fingerprint density at radius 3 is 2.38 bits per heavy atom. The van der Waals surface area contributed by atoms with Crippen LogP contribution in [0.25, 0.3) is 17.4 Å².